The van der Waals surface area contributed by atoms with Crippen LogP contribution >= 0.6 is 0 Å². The molecule has 1 rings (SSSR count). The highest BCUT2D eigenvalue weighted by molar-refractivity contribution is 4.67. The molecule has 2 nitrogen and oxygen atoms in total. The van der Waals surface area contributed by atoms with Crippen LogP contribution in [0.4, 0.5) is 0 Å². The van der Waals surface area contributed by atoms with Gasteiger partial charge in [-0.1, -0.05) is 25.7 Å². The van der Waals surface area contributed by atoms with E-state index in [9.17, 15) is 0 Å². The van der Waals surface area contributed by atoms with Gasteiger partial charge in [0.2, 0.25) is 0 Å². The fraction of sp³-hybridized carbons (Fsp3) is 1.00. The highest BCUT2D eigenvalue weighted by atomic mass is 16.3. The molecule has 0 saturated heterocycles. The summed E-state index contributed by atoms with van der Waals surface area (Å²) in [5.74, 6) is 1.01. The molecule has 0 aromatic carbocycles. The van der Waals surface area contributed by atoms with Crippen LogP contribution in [0.3, 0.4) is 0 Å². The molecule has 0 spiro atoms. The minimum Gasteiger partial charge on any atom is -0.392 e. The van der Waals surface area contributed by atoms with Crippen molar-refractivity contribution in [2.45, 2.75) is 51.6 Å². The largest absolute Gasteiger partial charge is 0.392 e. The maximum atomic E-state index is 9.00. The van der Waals surface area contributed by atoms with Crippen molar-refractivity contribution < 1.29 is 5.11 Å². The third kappa shape index (κ3) is 5.27. The van der Waals surface area contributed by atoms with Crippen LogP contribution in [-0.4, -0.2) is 24.3 Å². The SMILES string of the molecule is C[C@@H](O)CNCCCC1CCCC1. The van der Waals surface area contributed by atoms with Crippen molar-refractivity contribution in [2.75, 3.05) is 13.1 Å². The lowest BCUT2D eigenvalue weighted by atomic mass is 10.0. The van der Waals surface area contributed by atoms with Gasteiger partial charge in [0, 0.05) is 6.54 Å². The van der Waals surface area contributed by atoms with Crippen LogP contribution in [0, 0.1) is 5.92 Å². The highest BCUT2D eigenvalue weighted by Gasteiger charge is 2.13. The summed E-state index contributed by atoms with van der Waals surface area (Å²) in [7, 11) is 0. The molecule has 1 atom stereocenters. The molecule has 1 saturated carbocycles. The Morgan fingerprint density at radius 3 is 2.69 bits per heavy atom. The molecule has 0 aliphatic heterocycles. The molecule has 13 heavy (non-hydrogen) atoms. The van der Waals surface area contributed by atoms with Gasteiger partial charge in [0.1, 0.15) is 0 Å². The van der Waals surface area contributed by atoms with Crippen molar-refractivity contribution in [1.82, 2.24) is 5.32 Å². The van der Waals surface area contributed by atoms with Crippen molar-refractivity contribution in [3.05, 3.63) is 0 Å². The van der Waals surface area contributed by atoms with Gasteiger partial charge < -0.3 is 10.4 Å². The van der Waals surface area contributed by atoms with Gasteiger partial charge in [-0.3, -0.25) is 0 Å². The van der Waals surface area contributed by atoms with Gasteiger partial charge in [-0.05, 0) is 32.2 Å². The Kier molecular flexibility index (Phi) is 5.40. The predicted molar refractivity (Wildman–Crippen MR) is 55.7 cm³/mol. The van der Waals surface area contributed by atoms with Crippen molar-refractivity contribution in [3.63, 3.8) is 0 Å². The third-order valence-electron chi connectivity index (χ3n) is 2.88. The van der Waals surface area contributed by atoms with Gasteiger partial charge in [0.15, 0.2) is 0 Å². The van der Waals surface area contributed by atoms with E-state index in [2.05, 4.69) is 5.32 Å². The van der Waals surface area contributed by atoms with E-state index < -0.39 is 0 Å². The standard InChI is InChI=1S/C11H23NO/c1-10(13)9-12-8-4-7-11-5-2-3-6-11/h10-13H,2-9H2,1H3/t10-/m1/s1. The molecule has 0 radical (unpaired) electrons. The summed E-state index contributed by atoms with van der Waals surface area (Å²) in [5.41, 5.74) is 0. The lowest BCUT2D eigenvalue weighted by Gasteiger charge is -2.09. The van der Waals surface area contributed by atoms with Crippen molar-refractivity contribution in [2.24, 2.45) is 5.92 Å². The van der Waals surface area contributed by atoms with Crippen LogP contribution in [0.1, 0.15) is 45.4 Å². The summed E-state index contributed by atoms with van der Waals surface area (Å²) in [6.45, 7) is 3.63. The summed E-state index contributed by atoms with van der Waals surface area (Å²) in [5, 5.41) is 12.3. The van der Waals surface area contributed by atoms with Crippen molar-refractivity contribution in [3.8, 4) is 0 Å². The molecular weight excluding hydrogens is 162 g/mol. The van der Waals surface area contributed by atoms with Crippen LogP contribution in [0.5, 0.6) is 0 Å². The average Bonchev–Trinajstić information content (AvgIpc) is 2.55. The number of hydrogen-bond donors (Lipinski definition) is 2. The second-order valence-electron chi connectivity index (χ2n) is 4.35. The zero-order valence-corrected chi connectivity index (χ0v) is 8.76. The second-order valence-corrected chi connectivity index (χ2v) is 4.35. The lowest BCUT2D eigenvalue weighted by molar-refractivity contribution is 0.191. The maximum Gasteiger partial charge on any atom is 0.0636 e. The van der Waals surface area contributed by atoms with Gasteiger partial charge >= 0.3 is 0 Å². The van der Waals surface area contributed by atoms with Crippen molar-refractivity contribution >= 4 is 0 Å². The minimum absolute atomic E-state index is 0.202. The third-order valence-corrected chi connectivity index (χ3v) is 2.88. The Balaban J connectivity index is 1.83. The monoisotopic (exact) mass is 185 g/mol. The summed E-state index contributed by atoms with van der Waals surface area (Å²) >= 11 is 0. The number of aliphatic hydroxyl groups is 1. The van der Waals surface area contributed by atoms with Crippen LogP contribution in [0.25, 0.3) is 0 Å². The first-order valence-corrected chi connectivity index (χ1v) is 5.68. The first kappa shape index (κ1) is 11.0. The molecule has 0 amide bonds. The van der Waals surface area contributed by atoms with E-state index in [1.54, 1.807) is 0 Å². The van der Waals surface area contributed by atoms with Gasteiger partial charge in [0.25, 0.3) is 0 Å². The molecular formula is C11H23NO. The van der Waals surface area contributed by atoms with Crippen LogP contribution in [0.2, 0.25) is 0 Å². The fourth-order valence-electron chi connectivity index (χ4n) is 2.13. The smallest absolute Gasteiger partial charge is 0.0636 e. The molecule has 0 aromatic rings. The number of aliphatic hydroxyl groups excluding tert-OH is 1. The summed E-state index contributed by atoms with van der Waals surface area (Å²) in [4.78, 5) is 0. The van der Waals surface area contributed by atoms with Crippen molar-refractivity contribution in [1.29, 1.82) is 0 Å². The van der Waals surface area contributed by atoms with Gasteiger partial charge in [-0.15, -0.1) is 0 Å². The molecule has 0 bridgehead atoms. The Bertz CT molecular complexity index is 119. The molecule has 0 unspecified atom stereocenters. The Morgan fingerprint density at radius 1 is 1.38 bits per heavy atom. The Hall–Kier alpha value is -0.0800. The molecule has 1 aliphatic carbocycles. The molecule has 2 heteroatoms. The molecule has 1 fully saturated rings. The summed E-state index contributed by atoms with van der Waals surface area (Å²) in [6, 6.07) is 0. The summed E-state index contributed by atoms with van der Waals surface area (Å²) < 4.78 is 0. The maximum absolute atomic E-state index is 9.00. The predicted octanol–water partition coefficient (Wildman–Crippen LogP) is 1.93. The van der Waals surface area contributed by atoms with E-state index in [1.165, 1.54) is 38.5 Å². The molecule has 2 N–H and O–H groups in total. The molecule has 1 aliphatic rings. The van der Waals surface area contributed by atoms with E-state index in [0.717, 1.165) is 19.0 Å². The van der Waals surface area contributed by atoms with E-state index in [0.29, 0.717) is 0 Å². The lowest BCUT2D eigenvalue weighted by Crippen LogP contribution is -2.25. The first-order chi connectivity index (χ1) is 6.29. The van der Waals surface area contributed by atoms with Crippen LogP contribution in [0.15, 0.2) is 0 Å². The second kappa shape index (κ2) is 6.39. The van der Waals surface area contributed by atoms with Gasteiger partial charge in [-0.25, -0.2) is 0 Å². The Morgan fingerprint density at radius 2 is 2.08 bits per heavy atom. The quantitative estimate of drug-likeness (QED) is 0.620. The normalized spacial score (nSPS) is 20.8. The number of hydrogen-bond acceptors (Lipinski definition) is 2. The zero-order valence-electron chi connectivity index (χ0n) is 8.76. The summed E-state index contributed by atoms with van der Waals surface area (Å²) in [6.07, 6.45) is 8.26. The first-order valence-electron chi connectivity index (χ1n) is 5.68. The van der Waals surface area contributed by atoms with E-state index in [1.807, 2.05) is 6.92 Å². The topological polar surface area (TPSA) is 32.3 Å². The van der Waals surface area contributed by atoms with Gasteiger partial charge in [-0.2, -0.15) is 0 Å². The van der Waals surface area contributed by atoms with Gasteiger partial charge in [0.05, 0.1) is 6.10 Å². The van der Waals surface area contributed by atoms with Crippen LogP contribution in [-0.2, 0) is 0 Å². The number of nitrogens with one attached hydrogen (secondary N) is 1. The highest BCUT2D eigenvalue weighted by Crippen LogP contribution is 2.28. The van der Waals surface area contributed by atoms with E-state index >= 15 is 0 Å². The Labute approximate surface area is 81.7 Å². The molecule has 0 heterocycles. The van der Waals surface area contributed by atoms with E-state index in [4.69, 9.17) is 5.11 Å². The average molecular weight is 185 g/mol. The van der Waals surface area contributed by atoms with Crippen LogP contribution < -0.4 is 5.32 Å². The molecule has 0 aromatic heterocycles. The minimum atomic E-state index is -0.202. The molecule has 78 valence electrons. The zero-order chi connectivity index (χ0) is 9.52. The fourth-order valence-corrected chi connectivity index (χ4v) is 2.13. The van der Waals surface area contributed by atoms with E-state index in [-0.39, 0.29) is 6.10 Å². The number of rotatable bonds is 6.